The van der Waals surface area contributed by atoms with Crippen LogP contribution in [0.3, 0.4) is 0 Å². The van der Waals surface area contributed by atoms with E-state index in [2.05, 4.69) is 23.7 Å². The van der Waals surface area contributed by atoms with Crippen molar-refractivity contribution in [1.82, 2.24) is 9.88 Å². The maximum Gasteiger partial charge on any atom is 0.223 e. The minimum absolute atomic E-state index is 0.0344. The normalized spacial score (nSPS) is 24.2. The number of nitrogens with zero attached hydrogens (tertiary/aromatic N) is 1. The standard InChI is InChI=1S/C23H31FN2O/c1-15(2)17(18-14-25-20-10-5-9-19(24)23(18)20)13-22(27)26-12-6-8-16-7-3-4-11-21(16)26/h5,9-10,14-17,21,25H,3-4,6-8,11-13H2,1-2H3. The van der Waals surface area contributed by atoms with Crippen LogP contribution >= 0.6 is 0 Å². The van der Waals surface area contributed by atoms with Gasteiger partial charge in [0, 0.05) is 36.1 Å². The summed E-state index contributed by atoms with van der Waals surface area (Å²) in [7, 11) is 0. The summed E-state index contributed by atoms with van der Waals surface area (Å²) in [6.07, 6.45) is 9.77. The first kappa shape index (κ1) is 18.5. The minimum Gasteiger partial charge on any atom is -0.361 e. The molecule has 1 aliphatic heterocycles. The third-order valence-electron chi connectivity index (χ3n) is 6.85. The van der Waals surface area contributed by atoms with Crippen LogP contribution < -0.4 is 0 Å². The first-order valence-electron chi connectivity index (χ1n) is 10.6. The number of H-pyrrole nitrogens is 1. The lowest BCUT2D eigenvalue weighted by atomic mass is 9.77. The molecule has 146 valence electrons. The number of hydrogen-bond acceptors (Lipinski definition) is 1. The lowest BCUT2D eigenvalue weighted by Crippen LogP contribution is -2.50. The first-order valence-corrected chi connectivity index (χ1v) is 10.6. The zero-order valence-electron chi connectivity index (χ0n) is 16.5. The molecule has 0 bridgehead atoms. The Labute approximate surface area is 161 Å². The molecular formula is C23H31FN2O. The van der Waals surface area contributed by atoms with Crippen LogP contribution in [-0.4, -0.2) is 28.4 Å². The lowest BCUT2D eigenvalue weighted by Gasteiger charge is -2.44. The van der Waals surface area contributed by atoms with Crippen LogP contribution in [0, 0.1) is 17.7 Å². The molecule has 1 saturated heterocycles. The SMILES string of the molecule is CC(C)C(CC(=O)N1CCCC2CCCCC21)c1c[nH]c2cccc(F)c12. The fraction of sp³-hybridized carbons (Fsp3) is 0.609. The maximum absolute atomic E-state index is 14.5. The molecule has 2 aliphatic rings. The Bertz CT molecular complexity index is 810. The van der Waals surface area contributed by atoms with Gasteiger partial charge < -0.3 is 9.88 Å². The van der Waals surface area contributed by atoms with Gasteiger partial charge in [-0.2, -0.15) is 0 Å². The number of carbonyl (C=O) groups is 1. The van der Waals surface area contributed by atoms with Crippen molar-refractivity contribution in [3.8, 4) is 0 Å². The van der Waals surface area contributed by atoms with E-state index in [4.69, 9.17) is 0 Å². The quantitative estimate of drug-likeness (QED) is 0.745. The highest BCUT2D eigenvalue weighted by Gasteiger charge is 2.36. The zero-order chi connectivity index (χ0) is 19.0. The highest BCUT2D eigenvalue weighted by molar-refractivity contribution is 5.86. The number of aromatic amines is 1. The van der Waals surface area contributed by atoms with Gasteiger partial charge in [0.05, 0.1) is 0 Å². The predicted molar refractivity (Wildman–Crippen MR) is 107 cm³/mol. The number of halogens is 1. The van der Waals surface area contributed by atoms with Gasteiger partial charge in [-0.3, -0.25) is 4.79 Å². The third-order valence-corrected chi connectivity index (χ3v) is 6.85. The second-order valence-corrected chi connectivity index (χ2v) is 8.80. The van der Waals surface area contributed by atoms with E-state index < -0.39 is 0 Å². The molecular weight excluding hydrogens is 339 g/mol. The van der Waals surface area contributed by atoms with E-state index in [0.29, 0.717) is 23.8 Å². The van der Waals surface area contributed by atoms with Gasteiger partial charge in [0.2, 0.25) is 5.91 Å². The molecule has 1 aromatic heterocycles. The number of aromatic nitrogens is 1. The average molecular weight is 371 g/mol. The molecule has 1 aliphatic carbocycles. The maximum atomic E-state index is 14.5. The van der Waals surface area contributed by atoms with E-state index in [1.807, 2.05) is 12.3 Å². The molecule has 4 rings (SSSR count). The summed E-state index contributed by atoms with van der Waals surface area (Å²) in [5, 5.41) is 0.651. The van der Waals surface area contributed by atoms with Crippen LogP contribution in [0.4, 0.5) is 4.39 Å². The second-order valence-electron chi connectivity index (χ2n) is 8.80. The lowest BCUT2D eigenvalue weighted by molar-refractivity contribution is -0.138. The Morgan fingerprint density at radius 1 is 1.22 bits per heavy atom. The molecule has 27 heavy (non-hydrogen) atoms. The summed E-state index contributed by atoms with van der Waals surface area (Å²) in [6, 6.07) is 5.58. The number of benzene rings is 1. The van der Waals surface area contributed by atoms with Gasteiger partial charge >= 0.3 is 0 Å². The fourth-order valence-corrected chi connectivity index (χ4v) is 5.40. The van der Waals surface area contributed by atoms with Crippen molar-refractivity contribution >= 4 is 16.8 Å². The molecule has 1 amide bonds. The van der Waals surface area contributed by atoms with Gasteiger partial charge in [-0.25, -0.2) is 4.39 Å². The Hall–Kier alpha value is -1.84. The Kier molecular flexibility index (Phi) is 5.25. The van der Waals surface area contributed by atoms with E-state index >= 15 is 0 Å². The van der Waals surface area contributed by atoms with Gasteiger partial charge in [-0.15, -0.1) is 0 Å². The number of carbonyl (C=O) groups excluding carboxylic acids is 1. The van der Waals surface area contributed by atoms with Crippen molar-refractivity contribution in [2.24, 2.45) is 11.8 Å². The molecule has 2 fully saturated rings. The topological polar surface area (TPSA) is 36.1 Å². The highest BCUT2D eigenvalue weighted by atomic mass is 19.1. The molecule has 4 heteroatoms. The number of fused-ring (bicyclic) bond motifs is 2. The summed E-state index contributed by atoms with van der Waals surface area (Å²) in [5.41, 5.74) is 1.76. The van der Waals surface area contributed by atoms with E-state index in [9.17, 15) is 9.18 Å². The van der Waals surface area contributed by atoms with E-state index in [1.165, 1.54) is 31.7 Å². The number of hydrogen-bond donors (Lipinski definition) is 1. The number of rotatable bonds is 4. The number of piperidine rings is 1. The number of amides is 1. The molecule has 0 radical (unpaired) electrons. The highest BCUT2D eigenvalue weighted by Crippen LogP contribution is 2.38. The Morgan fingerprint density at radius 3 is 2.81 bits per heavy atom. The van der Waals surface area contributed by atoms with Crippen LogP contribution in [0.5, 0.6) is 0 Å². The molecule has 3 unspecified atom stereocenters. The Morgan fingerprint density at radius 2 is 2.00 bits per heavy atom. The van der Waals surface area contributed by atoms with Crippen molar-refractivity contribution in [3.05, 3.63) is 35.8 Å². The van der Waals surface area contributed by atoms with Gasteiger partial charge in [0.25, 0.3) is 0 Å². The van der Waals surface area contributed by atoms with Crippen LogP contribution in [0.1, 0.15) is 70.3 Å². The van der Waals surface area contributed by atoms with Crippen molar-refractivity contribution in [1.29, 1.82) is 0 Å². The molecule has 1 aromatic carbocycles. The second kappa shape index (κ2) is 7.65. The van der Waals surface area contributed by atoms with Crippen molar-refractivity contribution < 1.29 is 9.18 Å². The number of likely N-dealkylation sites (tertiary alicyclic amines) is 1. The third kappa shape index (κ3) is 3.51. The van der Waals surface area contributed by atoms with Crippen molar-refractivity contribution in [2.75, 3.05) is 6.54 Å². The van der Waals surface area contributed by atoms with Crippen LogP contribution in [0.25, 0.3) is 10.9 Å². The van der Waals surface area contributed by atoms with Crippen molar-refractivity contribution in [2.45, 2.75) is 70.8 Å². The summed E-state index contributed by atoms with van der Waals surface area (Å²) in [6.45, 7) is 5.17. The van der Waals surface area contributed by atoms with E-state index in [1.54, 1.807) is 6.07 Å². The van der Waals surface area contributed by atoms with Gasteiger partial charge in [-0.1, -0.05) is 32.8 Å². The fourth-order valence-electron chi connectivity index (χ4n) is 5.40. The molecule has 3 nitrogen and oxygen atoms in total. The smallest absolute Gasteiger partial charge is 0.223 e. The summed E-state index contributed by atoms with van der Waals surface area (Å²) >= 11 is 0. The van der Waals surface area contributed by atoms with Gasteiger partial charge in [0.1, 0.15) is 5.82 Å². The van der Waals surface area contributed by atoms with Crippen LogP contribution in [0.2, 0.25) is 0 Å². The monoisotopic (exact) mass is 370 g/mol. The molecule has 1 saturated carbocycles. The molecule has 3 atom stereocenters. The van der Waals surface area contributed by atoms with Gasteiger partial charge in [0.15, 0.2) is 0 Å². The van der Waals surface area contributed by atoms with Gasteiger partial charge in [-0.05, 0) is 61.1 Å². The Balaban J connectivity index is 1.59. The summed E-state index contributed by atoms with van der Waals surface area (Å²) in [5.74, 6) is 1.06. The zero-order valence-corrected chi connectivity index (χ0v) is 16.5. The summed E-state index contributed by atoms with van der Waals surface area (Å²) < 4.78 is 14.5. The van der Waals surface area contributed by atoms with E-state index in [-0.39, 0.29) is 23.6 Å². The number of nitrogens with one attached hydrogen (secondary N) is 1. The minimum atomic E-state index is -0.202. The largest absolute Gasteiger partial charge is 0.361 e. The molecule has 0 spiro atoms. The summed E-state index contributed by atoms with van der Waals surface area (Å²) in [4.78, 5) is 18.7. The molecule has 2 aromatic rings. The average Bonchev–Trinajstić information content (AvgIpc) is 3.10. The van der Waals surface area contributed by atoms with Crippen molar-refractivity contribution in [3.63, 3.8) is 0 Å². The van der Waals surface area contributed by atoms with E-state index in [0.717, 1.165) is 30.5 Å². The molecule has 1 N–H and O–H groups in total. The predicted octanol–water partition coefficient (Wildman–Crippen LogP) is 5.62. The molecule has 2 heterocycles. The first-order chi connectivity index (χ1) is 13.1. The van der Waals surface area contributed by atoms with Crippen LogP contribution in [-0.2, 0) is 4.79 Å². The van der Waals surface area contributed by atoms with Crippen LogP contribution in [0.15, 0.2) is 24.4 Å².